The predicted molar refractivity (Wildman–Crippen MR) is 85.3 cm³/mol. The summed E-state index contributed by atoms with van der Waals surface area (Å²) in [5.41, 5.74) is 1.89. The fourth-order valence-electron chi connectivity index (χ4n) is 1.90. The minimum atomic E-state index is -0.277. The standard InChI is InChI=1S/C15H11ClN2O2S/c1-8-2-3-9(6-11(8)16)12-5-4-10(20-12)7-13-14(19)18-15(17)21-13/h2-7H,1H3,(H2,17,18,19)/b13-7-. The number of benzene rings is 1. The fraction of sp³-hybridized carbons (Fsp3) is 0.0667. The fourth-order valence-corrected chi connectivity index (χ4v) is 2.77. The van der Waals surface area contributed by atoms with Gasteiger partial charge in [0.15, 0.2) is 5.17 Å². The summed E-state index contributed by atoms with van der Waals surface area (Å²) >= 11 is 7.19. The van der Waals surface area contributed by atoms with Crippen molar-refractivity contribution in [3.63, 3.8) is 0 Å². The molecule has 1 amide bonds. The Balaban J connectivity index is 1.90. The highest BCUT2D eigenvalue weighted by atomic mass is 35.5. The maximum absolute atomic E-state index is 11.5. The lowest BCUT2D eigenvalue weighted by Gasteiger charge is -2.00. The Kier molecular flexibility index (Phi) is 3.61. The van der Waals surface area contributed by atoms with Crippen LogP contribution in [0.4, 0.5) is 0 Å². The van der Waals surface area contributed by atoms with Crippen molar-refractivity contribution in [3.8, 4) is 11.3 Å². The Morgan fingerprint density at radius 3 is 2.81 bits per heavy atom. The third-order valence-electron chi connectivity index (χ3n) is 3.02. The third-order valence-corrected chi connectivity index (χ3v) is 4.26. The molecule has 1 saturated heterocycles. The second kappa shape index (κ2) is 5.42. The zero-order chi connectivity index (χ0) is 15.0. The molecule has 2 N–H and O–H groups in total. The summed E-state index contributed by atoms with van der Waals surface area (Å²) in [7, 11) is 0. The number of amidine groups is 1. The van der Waals surface area contributed by atoms with Crippen LogP contribution in [0, 0.1) is 12.3 Å². The quantitative estimate of drug-likeness (QED) is 0.821. The zero-order valence-corrected chi connectivity index (χ0v) is 12.6. The molecule has 4 nitrogen and oxygen atoms in total. The number of thioether (sulfide) groups is 1. The van der Waals surface area contributed by atoms with Crippen molar-refractivity contribution >= 4 is 40.5 Å². The predicted octanol–water partition coefficient (Wildman–Crippen LogP) is 4.05. The number of hydrogen-bond acceptors (Lipinski definition) is 4. The van der Waals surface area contributed by atoms with Crippen LogP contribution in [0.5, 0.6) is 0 Å². The number of carbonyl (C=O) groups is 1. The van der Waals surface area contributed by atoms with Crippen molar-refractivity contribution in [3.05, 3.63) is 51.6 Å². The van der Waals surface area contributed by atoms with Crippen LogP contribution in [0.3, 0.4) is 0 Å². The van der Waals surface area contributed by atoms with Gasteiger partial charge < -0.3 is 9.73 Å². The van der Waals surface area contributed by atoms with Gasteiger partial charge in [0.2, 0.25) is 0 Å². The molecule has 2 heterocycles. The van der Waals surface area contributed by atoms with Gasteiger partial charge in [-0.2, -0.15) is 0 Å². The van der Waals surface area contributed by atoms with Crippen LogP contribution >= 0.6 is 23.4 Å². The monoisotopic (exact) mass is 318 g/mol. The molecule has 0 unspecified atom stereocenters. The van der Waals surface area contributed by atoms with E-state index in [9.17, 15) is 4.79 Å². The molecule has 0 bridgehead atoms. The van der Waals surface area contributed by atoms with Crippen LogP contribution in [0.15, 0.2) is 39.7 Å². The zero-order valence-electron chi connectivity index (χ0n) is 11.1. The van der Waals surface area contributed by atoms with E-state index in [0.29, 0.717) is 21.4 Å². The minimum Gasteiger partial charge on any atom is -0.457 e. The SMILES string of the molecule is Cc1ccc(-c2ccc(/C=C3\SC(=N)NC3=O)o2)cc1Cl. The van der Waals surface area contributed by atoms with E-state index >= 15 is 0 Å². The smallest absolute Gasteiger partial charge is 0.264 e. The summed E-state index contributed by atoms with van der Waals surface area (Å²) in [6.07, 6.45) is 1.63. The van der Waals surface area contributed by atoms with E-state index in [1.807, 2.05) is 31.2 Å². The van der Waals surface area contributed by atoms with E-state index < -0.39 is 0 Å². The van der Waals surface area contributed by atoms with Gasteiger partial charge in [0.1, 0.15) is 11.5 Å². The molecule has 2 aromatic rings. The summed E-state index contributed by atoms with van der Waals surface area (Å²) < 4.78 is 5.71. The van der Waals surface area contributed by atoms with Crippen LogP contribution in [-0.4, -0.2) is 11.1 Å². The van der Waals surface area contributed by atoms with Crippen LogP contribution in [-0.2, 0) is 4.79 Å². The van der Waals surface area contributed by atoms with Crippen molar-refractivity contribution in [2.24, 2.45) is 0 Å². The second-order valence-corrected chi connectivity index (χ2v) is 6.02. The Morgan fingerprint density at radius 1 is 1.33 bits per heavy atom. The summed E-state index contributed by atoms with van der Waals surface area (Å²) in [6.45, 7) is 1.94. The second-order valence-electron chi connectivity index (χ2n) is 4.56. The van der Waals surface area contributed by atoms with Crippen molar-refractivity contribution in [2.45, 2.75) is 6.92 Å². The molecular weight excluding hydrogens is 308 g/mol. The van der Waals surface area contributed by atoms with Gasteiger partial charge in [-0.15, -0.1) is 0 Å². The number of nitrogens with one attached hydrogen (secondary N) is 2. The molecule has 3 rings (SSSR count). The molecule has 106 valence electrons. The van der Waals surface area contributed by atoms with Crippen LogP contribution in [0.1, 0.15) is 11.3 Å². The molecule has 6 heteroatoms. The van der Waals surface area contributed by atoms with Crippen molar-refractivity contribution < 1.29 is 9.21 Å². The molecule has 21 heavy (non-hydrogen) atoms. The van der Waals surface area contributed by atoms with E-state index in [4.69, 9.17) is 21.4 Å². The van der Waals surface area contributed by atoms with Gasteiger partial charge in [0.05, 0.1) is 4.91 Å². The average molecular weight is 319 g/mol. The first-order chi connectivity index (χ1) is 10.0. The first-order valence-corrected chi connectivity index (χ1v) is 7.38. The number of furan rings is 1. The van der Waals surface area contributed by atoms with Crippen molar-refractivity contribution in [2.75, 3.05) is 0 Å². The Morgan fingerprint density at radius 2 is 2.14 bits per heavy atom. The summed E-state index contributed by atoms with van der Waals surface area (Å²) in [4.78, 5) is 12.0. The molecule has 1 aliphatic rings. The Labute approximate surface area is 130 Å². The molecular formula is C15H11ClN2O2S. The number of amides is 1. The molecule has 0 aliphatic carbocycles. The summed E-state index contributed by atoms with van der Waals surface area (Å²) in [6, 6.07) is 9.32. The van der Waals surface area contributed by atoms with Crippen molar-refractivity contribution in [1.82, 2.24) is 5.32 Å². The lowest BCUT2D eigenvalue weighted by molar-refractivity contribution is -0.115. The number of rotatable bonds is 2. The maximum atomic E-state index is 11.5. The van der Waals surface area contributed by atoms with E-state index in [2.05, 4.69) is 5.32 Å². The molecule has 0 radical (unpaired) electrons. The van der Waals surface area contributed by atoms with Gasteiger partial charge in [-0.05, 0) is 42.4 Å². The number of halogens is 1. The molecule has 1 fully saturated rings. The van der Waals surface area contributed by atoms with Gasteiger partial charge in [0, 0.05) is 16.7 Å². The summed E-state index contributed by atoms with van der Waals surface area (Å²) in [5, 5.41) is 10.6. The van der Waals surface area contributed by atoms with Gasteiger partial charge in [0.25, 0.3) is 5.91 Å². The number of hydrogen-bond donors (Lipinski definition) is 2. The molecule has 1 aromatic carbocycles. The van der Waals surface area contributed by atoms with E-state index in [-0.39, 0.29) is 11.1 Å². The van der Waals surface area contributed by atoms with Crippen molar-refractivity contribution in [1.29, 1.82) is 5.41 Å². The van der Waals surface area contributed by atoms with E-state index in [1.165, 1.54) is 0 Å². The van der Waals surface area contributed by atoms with E-state index in [0.717, 1.165) is 22.9 Å². The Bertz CT molecular complexity index is 780. The van der Waals surface area contributed by atoms with Gasteiger partial charge in [-0.25, -0.2) is 0 Å². The molecule has 0 saturated carbocycles. The molecule has 0 atom stereocenters. The van der Waals surface area contributed by atoms with Gasteiger partial charge in [-0.3, -0.25) is 10.2 Å². The highest BCUT2D eigenvalue weighted by Crippen LogP contribution is 2.30. The molecule has 1 aliphatic heterocycles. The molecule has 0 spiro atoms. The highest BCUT2D eigenvalue weighted by molar-refractivity contribution is 8.18. The topological polar surface area (TPSA) is 66.1 Å². The number of aryl methyl sites for hydroxylation is 1. The largest absolute Gasteiger partial charge is 0.457 e. The minimum absolute atomic E-state index is 0.128. The number of carbonyl (C=O) groups excluding carboxylic acids is 1. The van der Waals surface area contributed by atoms with Crippen LogP contribution < -0.4 is 5.32 Å². The lowest BCUT2D eigenvalue weighted by Crippen LogP contribution is -2.18. The summed E-state index contributed by atoms with van der Waals surface area (Å²) in [5.74, 6) is 0.970. The first kappa shape index (κ1) is 14.0. The van der Waals surface area contributed by atoms with E-state index in [1.54, 1.807) is 12.1 Å². The Hall–Kier alpha value is -1.98. The highest BCUT2D eigenvalue weighted by Gasteiger charge is 2.22. The first-order valence-electron chi connectivity index (χ1n) is 6.19. The third kappa shape index (κ3) is 2.89. The normalized spacial score (nSPS) is 16.6. The van der Waals surface area contributed by atoms with Gasteiger partial charge >= 0.3 is 0 Å². The average Bonchev–Trinajstić information content (AvgIpc) is 3.01. The van der Waals surface area contributed by atoms with Crippen LogP contribution in [0.25, 0.3) is 17.4 Å². The maximum Gasteiger partial charge on any atom is 0.264 e. The lowest BCUT2D eigenvalue weighted by atomic mass is 10.1. The molecule has 1 aromatic heterocycles. The van der Waals surface area contributed by atoms with Gasteiger partial charge in [-0.1, -0.05) is 23.7 Å². The van der Waals surface area contributed by atoms with Crippen LogP contribution in [0.2, 0.25) is 5.02 Å².